The van der Waals surface area contributed by atoms with Gasteiger partial charge in [-0.1, -0.05) is 43.2 Å². The summed E-state index contributed by atoms with van der Waals surface area (Å²) < 4.78 is 0. The highest BCUT2D eigenvalue weighted by Gasteiger charge is 2.31. The molecule has 1 aliphatic rings. The summed E-state index contributed by atoms with van der Waals surface area (Å²) in [7, 11) is 0. The molecule has 2 nitrogen and oxygen atoms in total. The first-order chi connectivity index (χ1) is 7.29. The fourth-order valence-corrected chi connectivity index (χ4v) is 2.53. The van der Waals surface area contributed by atoms with Crippen LogP contribution in [0.25, 0.3) is 0 Å². The van der Waals surface area contributed by atoms with Gasteiger partial charge >= 0.3 is 5.97 Å². The van der Waals surface area contributed by atoms with Crippen LogP contribution in [0.15, 0.2) is 30.3 Å². The smallest absolute Gasteiger partial charge is 0.307 e. The highest BCUT2D eigenvalue weighted by Crippen LogP contribution is 2.37. The number of aliphatic carboxylic acids is 1. The second-order valence-corrected chi connectivity index (χ2v) is 4.25. The van der Waals surface area contributed by atoms with E-state index in [-0.39, 0.29) is 11.8 Å². The predicted octanol–water partition coefficient (Wildman–Crippen LogP) is 3.05. The minimum absolute atomic E-state index is 0.179. The number of benzene rings is 1. The van der Waals surface area contributed by atoms with Crippen molar-refractivity contribution in [2.75, 3.05) is 0 Å². The molecule has 0 unspecified atom stereocenters. The maximum absolute atomic E-state index is 11.1. The van der Waals surface area contributed by atoms with E-state index in [1.165, 1.54) is 5.56 Å². The summed E-state index contributed by atoms with van der Waals surface area (Å²) in [5, 5.41) is 9.17. The number of rotatable bonds is 2. The zero-order chi connectivity index (χ0) is 10.7. The first kappa shape index (κ1) is 10.2. The lowest BCUT2D eigenvalue weighted by atomic mass is 9.75. The van der Waals surface area contributed by atoms with Gasteiger partial charge in [-0.15, -0.1) is 0 Å². The summed E-state index contributed by atoms with van der Waals surface area (Å²) in [5.41, 5.74) is 1.18. The Morgan fingerprint density at radius 1 is 1.13 bits per heavy atom. The standard InChI is InChI=1S/C13H16O2/c14-13(15)12-9-5-4-8-11(12)10-6-2-1-3-7-10/h1-3,6-7,11-12H,4-5,8-9H2,(H,14,15)/t11-,12-/m0/s1. The summed E-state index contributed by atoms with van der Waals surface area (Å²) in [6.07, 6.45) is 4.06. The van der Waals surface area contributed by atoms with Gasteiger partial charge in [0.2, 0.25) is 0 Å². The van der Waals surface area contributed by atoms with Crippen LogP contribution in [0.5, 0.6) is 0 Å². The molecule has 15 heavy (non-hydrogen) atoms. The molecule has 1 aromatic carbocycles. The minimum atomic E-state index is -0.636. The second-order valence-electron chi connectivity index (χ2n) is 4.25. The number of hydrogen-bond donors (Lipinski definition) is 1. The number of carbonyl (C=O) groups is 1. The second kappa shape index (κ2) is 4.47. The molecule has 2 rings (SSSR count). The van der Waals surface area contributed by atoms with Crippen LogP contribution in [0.4, 0.5) is 0 Å². The zero-order valence-electron chi connectivity index (χ0n) is 8.73. The lowest BCUT2D eigenvalue weighted by Gasteiger charge is -2.28. The Bertz CT molecular complexity index is 332. The summed E-state index contributed by atoms with van der Waals surface area (Å²) in [6, 6.07) is 10.0. The third-order valence-electron chi connectivity index (χ3n) is 3.31. The van der Waals surface area contributed by atoms with Gasteiger partial charge in [-0.3, -0.25) is 4.79 Å². The van der Waals surface area contributed by atoms with E-state index in [4.69, 9.17) is 5.11 Å². The van der Waals surface area contributed by atoms with Crippen molar-refractivity contribution in [3.63, 3.8) is 0 Å². The summed E-state index contributed by atoms with van der Waals surface area (Å²) in [4.78, 5) is 11.1. The summed E-state index contributed by atoms with van der Waals surface area (Å²) in [6.45, 7) is 0. The molecular formula is C13H16O2. The molecule has 0 amide bonds. The highest BCUT2D eigenvalue weighted by atomic mass is 16.4. The molecule has 0 saturated heterocycles. The quantitative estimate of drug-likeness (QED) is 0.804. The molecule has 1 N–H and O–H groups in total. The van der Waals surface area contributed by atoms with E-state index >= 15 is 0 Å². The van der Waals surface area contributed by atoms with E-state index in [0.717, 1.165) is 25.7 Å². The van der Waals surface area contributed by atoms with Gasteiger partial charge in [0.1, 0.15) is 0 Å². The van der Waals surface area contributed by atoms with E-state index in [0.29, 0.717) is 0 Å². The third-order valence-corrected chi connectivity index (χ3v) is 3.31. The van der Waals surface area contributed by atoms with Crippen molar-refractivity contribution in [3.8, 4) is 0 Å². The van der Waals surface area contributed by atoms with E-state index < -0.39 is 5.97 Å². The molecular weight excluding hydrogens is 188 g/mol. The first-order valence-electron chi connectivity index (χ1n) is 5.57. The Kier molecular flexibility index (Phi) is 3.05. The van der Waals surface area contributed by atoms with E-state index in [1.807, 2.05) is 30.3 Å². The maximum Gasteiger partial charge on any atom is 0.307 e. The van der Waals surface area contributed by atoms with Gasteiger partial charge in [0.05, 0.1) is 5.92 Å². The van der Waals surface area contributed by atoms with Gasteiger partial charge in [0.15, 0.2) is 0 Å². The van der Waals surface area contributed by atoms with Crippen LogP contribution < -0.4 is 0 Å². The Morgan fingerprint density at radius 2 is 1.80 bits per heavy atom. The number of hydrogen-bond acceptors (Lipinski definition) is 1. The van der Waals surface area contributed by atoms with Crippen molar-refractivity contribution >= 4 is 5.97 Å². The normalized spacial score (nSPS) is 26.1. The van der Waals surface area contributed by atoms with Gasteiger partial charge in [0, 0.05) is 0 Å². The molecule has 1 fully saturated rings. The summed E-state index contributed by atoms with van der Waals surface area (Å²) >= 11 is 0. The minimum Gasteiger partial charge on any atom is -0.481 e. The van der Waals surface area contributed by atoms with Crippen LogP contribution in [0.3, 0.4) is 0 Å². The van der Waals surface area contributed by atoms with Gasteiger partial charge < -0.3 is 5.11 Å². The highest BCUT2D eigenvalue weighted by molar-refractivity contribution is 5.71. The molecule has 0 bridgehead atoms. The Morgan fingerprint density at radius 3 is 2.47 bits per heavy atom. The molecule has 1 aromatic rings. The fraction of sp³-hybridized carbons (Fsp3) is 0.462. The third kappa shape index (κ3) is 2.20. The van der Waals surface area contributed by atoms with E-state index in [9.17, 15) is 4.79 Å². The molecule has 0 aliphatic heterocycles. The van der Waals surface area contributed by atoms with Gasteiger partial charge in [-0.2, -0.15) is 0 Å². The molecule has 1 aliphatic carbocycles. The largest absolute Gasteiger partial charge is 0.481 e. The van der Waals surface area contributed by atoms with Crippen molar-refractivity contribution in [1.29, 1.82) is 0 Å². The van der Waals surface area contributed by atoms with Crippen LogP contribution in [0.1, 0.15) is 37.2 Å². The Balaban J connectivity index is 2.22. The summed E-state index contributed by atoms with van der Waals surface area (Å²) in [5.74, 6) is -0.595. The number of carboxylic acid groups (broad SMARTS) is 1. The van der Waals surface area contributed by atoms with Crippen molar-refractivity contribution in [2.24, 2.45) is 5.92 Å². The SMILES string of the molecule is O=C(O)[C@H]1CCCC[C@H]1c1ccccc1. The predicted molar refractivity (Wildman–Crippen MR) is 58.8 cm³/mol. The zero-order valence-corrected chi connectivity index (χ0v) is 8.73. The first-order valence-corrected chi connectivity index (χ1v) is 5.57. The van der Waals surface area contributed by atoms with Crippen molar-refractivity contribution in [3.05, 3.63) is 35.9 Å². The Labute approximate surface area is 89.9 Å². The van der Waals surface area contributed by atoms with Crippen LogP contribution in [0, 0.1) is 5.92 Å². The Hall–Kier alpha value is -1.31. The molecule has 0 radical (unpaired) electrons. The molecule has 0 heterocycles. The monoisotopic (exact) mass is 204 g/mol. The maximum atomic E-state index is 11.1. The van der Waals surface area contributed by atoms with E-state index in [1.54, 1.807) is 0 Å². The van der Waals surface area contributed by atoms with Crippen LogP contribution in [-0.4, -0.2) is 11.1 Å². The van der Waals surface area contributed by atoms with Gasteiger partial charge in [-0.25, -0.2) is 0 Å². The molecule has 0 aromatic heterocycles. The molecule has 80 valence electrons. The lowest BCUT2D eigenvalue weighted by Crippen LogP contribution is -2.25. The molecule has 2 atom stereocenters. The van der Waals surface area contributed by atoms with E-state index in [2.05, 4.69) is 0 Å². The average molecular weight is 204 g/mol. The van der Waals surface area contributed by atoms with Crippen LogP contribution in [-0.2, 0) is 4.79 Å². The van der Waals surface area contributed by atoms with Crippen LogP contribution >= 0.6 is 0 Å². The average Bonchev–Trinajstić information content (AvgIpc) is 2.30. The topological polar surface area (TPSA) is 37.3 Å². The molecule has 1 saturated carbocycles. The van der Waals surface area contributed by atoms with Crippen molar-refractivity contribution in [2.45, 2.75) is 31.6 Å². The molecule has 0 spiro atoms. The molecule has 2 heteroatoms. The van der Waals surface area contributed by atoms with Gasteiger partial charge in [-0.05, 0) is 24.3 Å². The van der Waals surface area contributed by atoms with Crippen LogP contribution in [0.2, 0.25) is 0 Å². The van der Waals surface area contributed by atoms with Crippen molar-refractivity contribution < 1.29 is 9.90 Å². The number of carboxylic acids is 1. The lowest BCUT2D eigenvalue weighted by molar-refractivity contribution is -0.143. The van der Waals surface area contributed by atoms with Crippen molar-refractivity contribution in [1.82, 2.24) is 0 Å². The fourth-order valence-electron chi connectivity index (χ4n) is 2.53. The van der Waals surface area contributed by atoms with Gasteiger partial charge in [0.25, 0.3) is 0 Å².